The second-order valence-electron chi connectivity index (χ2n) is 5.90. The molecule has 1 amide bonds. The van der Waals surface area contributed by atoms with Crippen molar-refractivity contribution in [1.82, 2.24) is 30.3 Å². The summed E-state index contributed by atoms with van der Waals surface area (Å²) in [5, 5.41) is 19.3. The maximum Gasteiger partial charge on any atom is 0.271 e. The Balaban J connectivity index is 1.72. The van der Waals surface area contributed by atoms with E-state index in [0.29, 0.717) is 18.2 Å². The summed E-state index contributed by atoms with van der Waals surface area (Å²) in [7, 11) is 0. The molecule has 1 aliphatic heterocycles. The molecule has 0 aromatic carbocycles. The molecule has 0 spiro atoms. The van der Waals surface area contributed by atoms with Crippen LogP contribution in [0.2, 0.25) is 0 Å². The first-order chi connectivity index (χ1) is 11.7. The van der Waals surface area contributed by atoms with E-state index in [1.54, 1.807) is 12.4 Å². The lowest BCUT2D eigenvalue weighted by molar-refractivity contribution is 0.0950. The van der Waals surface area contributed by atoms with Crippen LogP contribution in [0.3, 0.4) is 0 Å². The number of hydrogen-bond acceptors (Lipinski definition) is 6. The molecule has 1 N–H and O–H groups in total. The molecule has 1 atom stereocenters. The molecule has 0 bridgehead atoms. The fourth-order valence-electron chi connectivity index (χ4n) is 3.09. The number of carbonyl (C=O) groups is 1. The van der Waals surface area contributed by atoms with E-state index < -0.39 is 0 Å². The van der Waals surface area contributed by atoms with Crippen LogP contribution < -0.4 is 10.2 Å². The third-order valence-corrected chi connectivity index (χ3v) is 4.32. The molecule has 3 heterocycles. The van der Waals surface area contributed by atoms with Crippen LogP contribution in [-0.2, 0) is 6.54 Å². The molecule has 3 rings (SSSR count). The van der Waals surface area contributed by atoms with Gasteiger partial charge in [0.2, 0.25) is 0 Å². The van der Waals surface area contributed by atoms with Gasteiger partial charge >= 0.3 is 0 Å². The lowest BCUT2D eigenvalue weighted by Gasteiger charge is -2.32. The van der Waals surface area contributed by atoms with Gasteiger partial charge in [0.25, 0.3) is 5.91 Å². The molecule has 128 valence electrons. The van der Waals surface area contributed by atoms with Crippen LogP contribution in [0.4, 0.5) is 5.82 Å². The van der Waals surface area contributed by atoms with E-state index in [-0.39, 0.29) is 5.91 Å². The fraction of sp³-hybridized carbons (Fsp3) is 0.562. The van der Waals surface area contributed by atoms with Crippen LogP contribution in [0.15, 0.2) is 18.5 Å². The third-order valence-electron chi connectivity index (χ3n) is 4.32. The van der Waals surface area contributed by atoms with Crippen molar-refractivity contribution in [3.63, 3.8) is 0 Å². The van der Waals surface area contributed by atoms with E-state index >= 15 is 0 Å². The highest BCUT2D eigenvalue weighted by Gasteiger charge is 2.26. The minimum absolute atomic E-state index is 0.191. The molecule has 2 aromatic heterocycles. The highest BCUT2D eigenvalue weighted by molar-refractivity contribution is 5.92. The van der Waals surface area contributed by atoms with Gasteiger partial charge in [0.1, 0.15) is 12.2 Å². The number of aromatic nitrogens is 5. The number of amides is 1. The summed E-state index contributed by atoms with van der Waals surface area (Å²) in [6.45, 7) is 7.20. The lowest BCUT2D eigenvalue weighted by Crippen LogP contribution is -2.36. The second-order valence-corrected chi connectivity index (χ2v) is 5.90. The van der Waals surface area contributed by atoms with Gasteiger partial charge in [-0.1, -0.05) is 0 Å². The van der Waals surface area contributed by atoms with E-state index in [2.05, 4.69) is 42.1 Å². The van der Waals surface area contributed by atoms with E-state index in [1.807, 2.05) is 13.0 Å². The summed E-state index contributed by atoms with van der Waals surface area (Å²) < 4.78 is 2.10. The molecule has 0 unspecified atom stereocenters. The predicted octanol–water partition coefficient (Wildman–Crippen LogP) is 1.22. The number of nitrogens with zero attached hydrogens (tertiary/aromatic N) is 6. The number of rotatable bonds is 5. The zero-order chi connectivity index (χ0) is 16.9. The Morgan fingerprint density at radius 3 is 2.88 bits per heavy atom. The van der Waals surface area contributed by atoms with E-state index in [4.69, 9.17) is 0 Å². The van der Waals surface area contributed by atoms with Crippen molar-refractivity contribution < 1.29 is 4.79 Å². The van der Waals surface area contributed by atoms with Crippen LogP contribution in [0.1, 0.15) is 48.9 Å². The quantitative estimate of drug-likeness (QED) is 0.887. The van der Waals surface area contributed by atoms with Gasteiger partial charge in [-0.15, -0.1) is 20.4 Å². The highest BCUT2D eigenvalue weighted by Crippen LogP contribution is 2.27. The summed E-state index contributed by atoms with van der Waals surface area (Å²) in [4.78, 5) is 14.0. The third kappa shape index (κ3) is 3.37. The van der Waals surface area contributed by atoms with Gasteiger partial charge in [-0.05, 0) is 38.8 Å². The van der Waals surface area contributed by atoms with Gasteiger partial charge in [0.05, 0.1) is 0 Å². The lowest BCUT2D eigenvalue weighted by atomic mass is 9.97. The van der Waals surface area contributed by atoms with Crippen LogP contribution in [0.25, 0.3) is 0 Å². The number of anilines is 1. The summed E-state index contributed by atoms with van der Waals surface area (Å²) in [6, 6.07) is 3.59. The van der Waals surface area contributed by atoms with Gasteiger partial charge in [-0.25, -0.2) is 0 Å². The number of nitrogens with one attached hydrogen (secondary N) is 1. The van der Waals surface area contributed by atoms with Crippen molar-refractivity contribution in [1.29, 1.82) is 0 Å². The standard InChI is InChI=1S/C16H23N7O/c1-3-17-16(24)13-7-8-14(20-19-13)23-9-5-6-12(10-23)15-21-18-11-22(15)4-2/h7-8,11-12H,3-6,9-10H2,1-2H3,(H,17,24)/t12-/m1/s1. The van der Waals surface area contributed by atoms with Gasteiger partial charge in [0.15, 0.2) is 11.5 Å². The molecular formula is C16H23N7O. The Morgan fingerprint density at radius 2 is 2.17 bits per heavy atom. The van der Waals surface area contributed by atoms with Gasteiger partial charge < -0.3 is 14.8 Å². The van der Waals surface area contributed by atoms with Crippen LogP contribution in [0.5, 0.6) is 0 Å². The summed E-state index contributed by atoms with van der Waals surface area (Å²) >= 11 is 0. The Labute approximate surface area is 141 Å². The van der Waals surface area contributed by atoms with Crippen molar-refractivity contribution in [3.8, 4) is 0 Å². The molecule has 1 aliphatic rings. The first-order valence-electron chi connectivity index (χ1n) is 8.47. The topological polar surface area (TPSA) is 88.8 Å². The average Bonchev–Trinajstić information content (AvgIpc) is 3.11. The molecule has 0 radical (unpaired) electrons. The molecular weight excluding hydrogens is 306 g/mol. The smallest absolute Gasteiger partial charge is 0.271 e. The Morgan fingerprint density at radius 1 is 1.29 bits per heavy atom. The van der Waals surface area contributed by atoms with E-state index in [0.717, 1.165) is 44.1 Å². The number of piperidine rings is 1. The number of hydrogen-bond donors (Lipinski definition) is 1. The zero-order valence-corrected chi connectivity index (χ0v) is 14.1. The molecule has 1 saturated heterocycles. The van der Waals surface area contributed by atoms with Crippen molar-refractivity contribution in [2.75, 3.05) is 24.5 Å². The maximum absolute atomic E-state index is 11.8. The van der Waals surface area contributed by atoms with Gasteiger partial charge in [0, 0.05) is 32.1 Å². The molecule has 8 heteroatoms. The highest BCUT2D eigenvalue weighted by atomic mass is 16.1. The van der Waals surface area contributed by atoms with Crippen molar-refractivity contribution in [3.05, 3.63) is 30.0 Å². The predicted molar refractivity (Wildman–Crippen MR) is 89.9 cm³/mol. The molecule has 8 nitrogen and oxygen atoms in total. The minimum Gasteiger partial charge on any atom is -0.354 e. The van der Waals surface area contributed by atoms with Gasteiger partial charge in [-0.3, -0.25) is 4.79 Å². The SMILES string of the molecule is CCNC(=O)c1ccc(N2CCC[C@@H](c3nncn3CC)C2)nn1. The molecule has 1 fully saturated rings. The summed E-state index contributed by atoms with van der Waals surface area (Å²) in [6.07, 6.45) is 3.95. The molecule has 0 aliphatic carbocycles. The summed E-state index contributed by atoms with van der Waals surface area (Å²) in [5.74, 6) is 1.99. The van der Waals surface area contributed by atoms with Crippen LogP contribution in [0, 0.1) is 0 Å². The monoisotopic (exact) mass is 329 g/mol. The first kappa shape index (κ1) is 16.4. The number of carbonyl (C=O) groups excluding carboxylic acids is 1. The van der Waals surface area contributed by atoms with Gasteiger partial charge in [-0.2, -0.15) is 0 Å². The number of aryl methyl sites for hydroxylation is 1. The molecule has 24 heavy (non-hydrogen) atoms. The van der Waals surface area contributed by atoms with Crippen LogP contribution >= 0.6 is 0 Å². The first-order valence-corrected chi connectivity index (χ1v) is 8.47. The Hall–Kier alpha value is -2.51. The Bertz CT molecular complexity index is 682. The molecule has 0 saturated carbocycles. The largest absolute Gasteiger partial charge is 0.354 e. The summed E-state index contributed by atoms with van der Waals surface area (Å²) in [5.41, 5.74) is 0.347. The van der Waals surface area contributed by atoms with Crippen molar-refractivity contribution in [2.24, 2.45) is 0 Å². The van der Waals surface area contributed by atoms with E-state index in [1.165, 1.54) is 0 Å². The van der Waals surface area contributed by atoms with E-state index in [9.17, 15) is 4.79 Å². The fourth-order valence-corrected chi connectivity index (χ4v) is 3.09. The van der Waals surface area contributed by atoms with Crippen molar-refractivity contribution in [2.45, 2.75) is 39.2 Å². The van der Waals surface area contributed by atoms with Crippen LogP contribution in [-0.4, -0.2) is 50.5 Å². The average molecular weight is 329 g/mol. The molecule has 2 aromatic rings. The minimum atomic E-state index is -0.191. The zero-order valence-electron chi connectivity index (χ0n) is 14.1. The van der Waals surface area contributed by atoms with Crippen molar-refractivity contribution >= 4 is 11.7 Å². The normalized spacial score (nSPS) is 17.8. The Kier molecular flexibility index (Phi) is 5.02. The second kappa shape index (κ2) is 7.37. The maximum atomic E-state index is 11.8.